The number of carbonyl (C=O) groups excluding carboxylic acids is 2. The van der Waals surface area contributed by atoms with Gasteiger partial charge in [-0.15, -0.1) is 11.3 Å². The van der Waals surface area contributed by atoms with E-state index >= 15 is 0 Å². The molecule has 0 fully saturated rings. The molecule has 0 spiro atoms. The van der Waals surface area contributed by atoms with Crippen LogP contribution in [-0.4, -0.2) is 52.2 Å². The van der Waals surface area contributed by atoms with Gasteiger partial charge in [-0.1, -0.05) is 0 Å². The molecular weight excluding hydrogens is 328 g/mol. The summed E-state index contributed by atoms with van der Waals surface area (Å²) in [6.07, 6.45) is 2.89. The van der Waals surface area contributed by atoms with E-state index in [9.17, 15) is 9.59 Å². The lowest BCUT2D eigenvalue weighted by atomic mass is 10.2. The number of hydrazone groups is 1. The fraction of sp³-hybridized carbons (Fsp3) is 0.200. The van der Waals surface area contributed by atoms with E-state index in [0.717, 1.165) is 10.2 Å². The number of fused-ring (bicyclic) bond motifs is 2. The Morgan fingerprint density at radius 3 is 3.17 bits per heavy atom. The molecule has 2 aromatic rings. The quantitative estimate of drug-likeness (QED) is 0.848. The third-order valence-corrected chi connectivity index (χ3v) is 4.72. The van der Waals surface area contributed by atoms with Crippen molar-refractivity contribution in [2.24, 2.45) is 5.10 Å². The van der Waals surface area contributed by atoms with Crippen molar-refractivity contribution < 1.29 is 9.59 Å². The molecule has 1 atom stereocenters. The highest BCUT2D eigenvalue weighted by molar-refractivity contribution is 7.16. The highest BCUT2D eigenvalue weighted by Gasteiger charge is 2.36. The Labute approximate surface area is 141 Å². The Morgan fingerprint density at radius 1 is 1.42 bits per heavy atom. The van der Waals surface area contributed by atoms with Crippen molar-refractivity contribution in [1.82, 2.24) is 25.5 Å². The molecule has 1 aromatic carbocycles. The number of aromatic nitrogens is 1. The van der Waals surface area contributed by atoms with Crippen LogP contribution in [0.2, 0.25) is 0 Å². The Kier molecular flexibility index (Phi) is 3.42. The van der Waals surface area contributed by atoms with Crippen LogP contribution in [0.3, 0.4) is 0 Å². The van der Waals surface area contributed by atoms with Gasteiger partial charge in [0.25, 0.3) is 11.8 Å². The molecule has 2 amide bonds. The summed E-state index contributed by atoms with van der Waals surface area (Å²) in [5.41, 5.74) is 5.99. The number of carbonyl (C=O) groups is 2. The monoisotopic (exact) mass is 342 g/mol. The molecule has 0 radical (unpaired) electrons. The molecule has 0 bridgehead atoms. The van der Waals surface area contributed by atoms with Gasteiger partial charge in [-0.25, -0.2) is 4.98 Å². The number of rotatable bonds is 3. The SMILES string of the molecule is CN1C=CN2C(CNC(=O)c3ccc4ncsc4c3)=NNC2C1=O. The van der Waals surface area contributed by atoms with Crippen LogP contribution < -0.4 is 10.7 Å². The molecule has 2 N–H and O–H groups in total. The fourth-order valence-corrected chi connectivity index (χ4v) is 3.29. The first-order valence-corrected chi connectivity index (χ1v) is 8.18. The number of benzene rings is 1. The maximum absolute atomic E-state index is 12.3. The third-order valence-electron chi connectivity index (χ3n) is 3.93. The number of amidine groups is 1. The van der Waals surface area contributed by atoms with Gasteiger partial charge in [-0.05, 0) is 18.2 Å². The molecule has 122 valence electrons. The van der Waals surface area contributed by atoms with Crippen LogP contribution in [0, 0.1) is 0 Å². The van der Waals surface area contributed by atoms with Gasteiger partial charge >= 0.3 is 0 Å². The first kappa shape index (κ1) is 14.6. The molecule has 1 aromatic heterocycles. The van der Waals surface area contributed by atoms with Crippen molar-refractivity contribution in [1.29, 1.82) is 0 Å². The predicted octanol–water partition coefficient (Wildman–Crippen LogP) is 0.514. The Morgan fingerprint density at radius 2 is 2.29 bits per heavy atom. The molecule has 4 rings (SSSR count). The zero-order valence-electron chi connectivity index (χ0n) is 12.8. The minimum Gasteiger partial charge on any atom is -0.345 e. The molecule has 8 nitrogen and oxygen atoms in total. The van der Waals surface area contributed by atoms with Crippen molar-refractivity contribution in [3.8, 4) is 0 Å². The minimum atomic E-state index is -0.541. The Balaban J connectivity index is 1.44. The van der Waals surface area contributed by atoms with Gasteiger partial charge in [-0.2, -0.15) is 5.10 Å². The van der Waals surface area contributed by atoms with Crippen molar-refractivity contribution in [2.75, 3.05) is 13.6 Å². The van der Waals surface area contributed by atoms with E-state index in [0.29, 0.717) is 11.4 Å². The number of nitrogens with one attached hydrogen (secondary N) is 2. The lowest BCUT2D eigenvalue weighted by Gasteiger charge is -2.29. The molecule has 9 heteroatoms. The fourth-order valence-electron chi connectivity index (χ4n) is 2.58. The second kappa shape index (κ2) is 5.60. The topological polar surface area (TPSA) is 89.9 Å². The van der Waals surface area contributed by atoms with Gasteiger partial charge in [0, 0.05) is 25.0 Å². The van der Waals surface area contributed by atoms with Crippen LogP contribution in [0.5, 0.6) is 0 Å². The minimum absolute atomic E-state index is 0.0989. The van der Waals surface area contributed by atoms with Gasteiger partial charge in [0.15, 0.2) is 5.84 Å². The molecule has 2 aliphatic heterocycles. The highest BCUT2D eigenvalue weighted by atomic mass is 32.1. The number of hydrogen-bond donors (Lipinski definition) is 2. The second-order valence-corrected chi connectivity index (χ2v) is 6.32. The van der Waals surface area contributed by atoms with E-state index in [1.165, 1.54) is 16.2 Å². The molecule has 3 heterocycles. The molecule has 0 aliphatic carbocycles. The van der Waals surface area contributed by atoms with Gasteiger partial charge in [0.1, 0.15) is 0 Å². The van der Waals surface area contributed by atoms with E-state index in [-0.39, 0.29) is 18.4 Å². The van der Waals surface area contributed by atoms with Crippen LogP contribution in [0.15, 0.2) is 41.2 Å². The highest BCUT2D eigenvalue weighted by Crippen LogP contribution is 2.19. The van der Waals surface area contributed by atoms with Crippen molar-refractivity contribution in [2.45, 2.75) is 6.17 Å². The summed E-state index contributed by atoms with van der Waals surface area (Å²) in [4.78, 5) is 31.8. The summed E-state index contributed by atoms with van der Waals surface area (Å²) in [7, 11) is 1.69. The molecule has 1 unspecified atom stereocenters. The van der Waals surface area contributed by atoms with Crippen LogP contribution in [0.25, 0.3) is 10.2 Å². The zero-order valence-corrected chi connectivity index (χ0v) is 13.6. The lowest BCUT2D eigenvalue weighted by molar-refractivity contribution is -0.132. The van der Waals surface area contributed by atoms with Gasteiger partial charge in [0.05, 0.1) is 22.3 Å². The summed E-state index contributed by atoms with van der Waals surface area (Å²) >= 11 is 1.49. The third kappa shape index (κ3) is 2.38. The Bertz CT molecular complexity index is 889. The molecule has 2 aliphatic rings. The van der Waals surface area contributed by atoms with Gasteiger partial charge < -0.3 is 15.1 Å². The first-order chi connectivity index (χ1) is 11.6. The van der Waals surface area contributed by atoms with E-state index in [2.05, 4.69) is 20.8 Å². The summed E-state index contributed by atoms with van der Waals surface area (Å²) < 4.78 is 0.968. The smallest absolute Gasteiger partial charge is 0.271 e. The van der Waals surface area contributed by atoms with Crippen LogP contribution in [0.1, 0.15) is 10.4 Å². The molecule has 24 heavy (non-hydrogen) atoms. The molecule has 0 saturated carbocycles. The largest absolute Gasteiger partial charge is 0.345 e. The first-order valence-electron chi connectivity index (χ1n) is 7.30. The summed E-state index contributed by atoms with van der Waals surface area (Å²) in [6, 6.07) is 5.39. The van der Waals surface area contributed by atoms with Gasteiger partial charge in [0.2, 0.25) is 6.17 Å². The zero-order chi connectivity index (χ0) is 16.7. The van der Waals surface area contributed by atoms with E-state index < -0.39 is 6.17 Å². The van der Waals surface area contributed by atoms with Crippen molar-refractivity contribution in [3.63, 3.8) is 0 Å². The number of nitrogens with zero attached hydrogens (tertiary/aromatic N) is 4. The second-order valence-electron chi connectivity index (χ2n) is 5.43. The van der Waals surface area contributed by atoms with Crippen molar-refractivity contribution in [3.05, 3.63) is 41.7 Å². The van der Waals surface area contributed by atoms with Crippen molar-refractivity contribution >= 4 is 39.2 Å². The number of amides is 2. The summed E-state index contributed by atoms with van der Waals surface area (Å²) in [5, 5.41) is 6.97. The maximum atomic E-state index is 12.3. The maximum Gasteiger partial charge on any atom is 0.271 e. The molecular formula is C15H14N6O2S. The molecule has 0 saturated heterocycles. The normalized spacial score (nSPS) is 19.3. The average Bonchev–Trinajstić information content (AvgIpc) is 3.22. The predicted molar refractivity (Wildman–Crippen MR) is 90.1 cm³/mol. The number of thiazole rings is 1. The summed E-state index contributed by atoms with van der Waals surface area (Å²) in [6.45, 7) is 0.227. The van der Waals surface area contributed by atoms with E-state index in [1.54, 1.807) is 35.9 Å². The van der Waals surface area contributed by atoms with Crippen LogP contribution in [0.4, 0.5) is 0 Å². The van der Waals surface area contributed by atoms with Crippen LogP contribution in [-0.2, 0) is 4.79 Å². The Hall–Kier alpha value is -2.94. The van der Waals surface area contributed by atoms with Gasteiger partial charge in [-0.3, -0.25) is 15.0 Å². The van der Waals surface area contributed by atoms with Crippen LogP contribution >= 0.6 is 11.3 Å². The summed E-state index contributed by atoms with van der Waals surface area (Å²) in [5.74, 6) is 0.295. The lowest BCUT2D eigenvalue weighted by Crippen LogP contribution is -2.52. The average molecular weight is 342 g/mol. The van der Waals surface area contributed by atoms with E-state index in [1.807, 2.05) is 12.1 Å². The standard InChI is InChI=1S/C15H14N6O2S/c1-20-4-5-21-12(18-19-13(21)15(20)23)7-16-14(22)9-2-3-10-11(6-9)24-8-17-10/h2-6,8,13,19H,7H2,1H3,(H,16,22). The van der Waals surface area contributed by atoms with E-state index in [4.69, 9.17) is 0 Å². The number of likely N-dealkylation sites (N-methyl/N-ethyl adjacent to an activating group) is 1. The number of hydrogen-bond acceptors (Lipinski definition) is 7.